The Kier molecular flexibility index (Phi) is 6.38. The zero-order valence-electron chi connectivity index (χ0n) is 18.9. The molecule has 3 heterocycles. The highest BCUT2D eigenvalue weighted by molar-refractivity contribution is 5.78. The molecular formula is C25H32F3N3O2. The van der Waals surface area contributed by atoms with Crippen LogP contribution in [0, 0.1) is 5.92 Å². The highest BCUT2D eigenvalue weighted by atomic mass is 19.4. The van der Waals surface area contributed by atoms with Crippen LogP contribution in [0.25, 0.3) is 11.0 Å². The molecule has 3 fully saturated rings. The Morgan fingerprint density at radius 2 is 1.79 bits per heavy atom. The molecule has 5 nitrogen and oxygen atoms in total. The number of carbonyl (C=O) groups is 1. The second-order valence-corrected chi connectivity index (χ2v) is 9.86. The molecule has 1 aliphatic carbocycles. The van der Waals surface area contributed by atoms with Crippen molar-refractivity contribution in [2.24, 2.45) is 5.92 Å². The van der Waals surface area contributed by atoms with Gasteiger partial charge in [-0.1, -0.05) is 19.3 Å². The van der Waals surface area contributed by atoms with Crippen molar-refractivity contribution in [3.8, 4) is 0 Å². The van der Waals surface area contributed by atoms with Gasteiger partial charge in [-0.25, -0.2) is 4.98 Å². The van der Waals surface area contributed by atoms with Crippen LogP contribution in [0.3, 0.4) is 0 Å². The molecule has 5 rings (SSSR count). The summed E-state index contributed by atoms with van der Waals surface area (Å²) in [5.74, 6) is 1.51. The summed E-state index contributed by atoms with van der Waals surface area (Å²) in [5.41, 5.74) is 0.410. The maximum absolute atomic E-state index is 13.3. The standard InChI is InChI=1S/C25H32F3N3O2/c26-25(27,28)18-8-9-21-20(16-18)29-24(22-7-4-14-33-22)31(21)19-10-12-30(13-11-19)23(32)15-17-5-2-1-3-6-17/h8-9,16-17,19,22H,1-7,10-15H2. The minimum atomic E-state index is -4.40. The van der Waals surface area contributed by atoms with Gasteiger partial charge in [0.25, 0.3) is 0 Å². The quantitative estimate of drug-likeness (QED) is 0.555. The van der Waals surface area contributed by atoms with Gasteiger partial charge in [0, 0.05) is 32.2 Å². The van der Waals surface area contributed by atoms with Crippen molar-refractivity contribution in [2.45, 2.75) is 82.5 Å². The molecule has 1 atom stereocenters. The van der Waals surface area contributed by atoms with E-state index in [1.54, 1.807) is 6.07 Å². The summed E-state index contributed by atoms with van der Waals surface area (Å²) in [6.45, 7) is 2.01. The lowest BCUT2D eigenvalue weighted by Gasteiger charge is -2.35. The third-order valence-corrected chi connectivity index (χ3v) is 7.63. The van der Waals surface area contributed by atoms with Gasteiger partial charge >= 0.3 is 6.18 Å². The van der Waals surface area contributed by atoms with Crippen molar-refractivity contribution in [3.63, 3.8) is 0 Å². The lowest BCUT2D eigenvalue weighted by Crippen LogP contribution is -2.40. The number of halogens is 3. The van der Waals surface area contributed by atoms with E-state index in [1.807, 2.05) is 4.90 Å². The van der Waals surface area contributed by atoms with Crippen LogP contribution in [0.1, 0.15) is 87.7 Å². The molecule has 180 valence electrons. The minimum absolute atomic E-state index is 0.102. The van der Waals surface area contributed by atoms with Crippen LogP contribution in [0.5, 0.6) is 0 Å². The van der Waals surface area contributed by atoms with E-state index in [9.17, 15) is 18.0 Å². The average Bonchev–Trinajstić information content (AvgIpc) is 3.46. The van der Waals surface area contributed by atoms with Crippen molar-refractivity contribution >= 4 is 16.9 Å². The molecule has 0 N–H and O–H groups in total. The van der Waals surface area contributed by atoms with Gasteiger partial charge in [-0.3, -0.25) is 4.79 Å². The van der Waals surface area contributed by atoms with Crippen LogP contribution in [0.2, 0.25) is 0 Å². The van der Waals surface area contributed by atoms with Crippen molar-refractivity contribution in [1.82, 2.24) is 14.5 Å². The van der Waals surface area contributed by atoms with E-state index >= 15 is 0 Å². The molecule has 8 heteroatoms. The van der Waals surface area contributed by atoms with Crippen molar-refractivity contribution in [2.75, 3.05) is 19.7 Å². The fourth-order valence-corrected chi connectivity index (χ4v) is 5.83. The summed E-state index contributed by atoms with van der Waals surface area (Å²) in [5, 5.41) is 0. The van der Waals surface area contributed by atoms with Gasteiger partial charge < -0.3 is 14.2 Å². The number of piperidine rings is 1. The Morgan fingerprint density at radius 3 is 2.45 bits per heavy atom. The maximum Gasteiger partial charge on any atom is 0.416 e. The Bertz CT molecular complexity index is 983. The first-order chi connectivity index (χ1) is 15.9. The summed E-state index contributed by atoms with van der Waals surface area (Å²) in [6.07, 6.45) is 5.46. The SMILES string of the molecule is O=C(CC1CCCCC1)N1CCC(n2c(C3CCCO3)nc3cc(C(F)(F)F)ccc32)CC1. The largest absolute Gasteiger partial charge is 0.416 e. The van der Waals surface area contributed by atoms with Crippen molar-refractivity contribution in [3.05, 3.63) is 29.6 Å². The molecule has 2 saturated heterocycles. The highest BCUT2D eigenvalue weighted by Gasteiger charge is 2.34. The second kappa shape index (κ2) is 9.28. The van der Waals surface area contributed by atoms with E-state index in [0.29, 0.717) is 37.6 Å². The Labute approximate surface area is 192 Å². The first-order valence-electron chi connectivity index (χ1n) is 12.4. The number of benzene rings is 1. The van der Waals surface area contributed by atoms with Crippen LogP contribution >= 0.6 is 0 Å². The van der Waals surface area contributed by atoms with Crippen molar-refractivity contribution < 1.29 is 22.7 Å². The molecule has 33 heavy (non-hydrogen) atoms. The van der Waals surface area contributed by atoms with E-state index < -0.39 is 11.7 Å². The molecule has 2 aromatic rings. The molecule has 1 aromatic carbocycles. The number of ether oxygens (including phenoxy) is 1. The molecular weight excluding hydrogens is 431 g/mol. The van der Waals surface area contributed by atoms with Gasteiger partial charge in [-0.05, 0) is 62.6 Å². The number of nitrogens with zero attached hydrogens (tertiary/aromatic N) is 3. The van der Waals surface area contributed by atoms with Gasteiger partial charge in [-0.2, -0.15) is 13.2 Å². The van der Waals surface area contributed by atoms with Crippen molar-refractivity contribution in [1.29, 1.82) is 0 Å². The number of aromatic nitrogens is 2. The average molecular weight is 464 g/mol. The van der Waals surface area contributed by atoms with Crippen LogP contribution in [-0.2, 0) is 15.7 Å². The molecule has 0 radical (unpaired) electrons. The second-order valence-electron chi connectivity index (χ2n) is 9.86. The Morgan fingerprint density at radius 1 is 1.03 bits per heavy atom. The van der Waals surface area contributed by atoms with Crippen LogP contribution < -0.4 is 0 Å². The molecule has 1 saturated carbocycles. The van der Waals surface area contributed by atoms with Gasteiger partial charge in [-0.15, -0.1) is 0 Å². The van der Waals surface area contributed by atoms with Gasteiger partial charge in [0.15, 0.2) is 0 Å². The van der Waals surface area contributed by atoms with Crippen LogP contribution in [-0.4, -0.2) is 40.1 Å². The van der Waals surface area contributed by atoms with Gasteiger partial charge in [0.05, 0.1) is 16.6 Å². The number of alkyl halides is 3. The summed E-state index contributed by atoms with van der Waals surface area (Å²) in [4.78, 5) is 19.5. The summed E-state index contributed by atoms with van der Waals surface area (Å²) < 4.78 is 47.8. The molecule has 1 amide bonds. The topological polar surface area (TPSA) is 47.4 Å². The lowest BCUT2D eigenvalue weighted by molar-refractivity contribution is -0.137. The third kappa shape index (κ3) is 4.77. The predicted octanol–water partition coefficient (Wildman–Crippen LogP) is 6.04. The zero-order valence-corrected chi connectivity index (χ0v) is 18.9. The first-order valence-corrected chi connectivity index (χ1v) is 12.4. The monoisotopic (exact) mass is 463 g/mol. The summed E-state index contributed by atoms with van der Waals surface area (Å²) >= 11 is 0. The number of carbonyl (C=O) groups excluding carboxylic acids is 1. The predicted molar refractivity (Wildman–Crippen MR) is 119 cm³/mol. The summed E-state index contributed by atoms with van der Waals surface area (Å²) in [6, 6.07) is 3.93. The van der Waals surface area contributed by atoms with Gasteiger partial charge in [0.1, 0.15) is 11.9 Å². The number of imidazole rings is 1. The molecule has 3 aliphatic rings. The molecule has 1 unspecified atom stereocenters. The Balaban J connectivity index is 1.35. The van der Waals surface area contributed by atoms with Crippen LogP contribution in [0.15, 0.2) is 18.2 Å². The number of fused-ring (bicyclic) bond motifs is 1. The van der Waals surface area contributed by atoms with E-state index in [4.69, 9.17) is 4.74 Å². The van der Waals surface area contributed by atoms with E-state index in [1.165, 1.54) is 19.3 Å². The zero-order chi connectivity index (χ0) is 23.0. The maximum atomic E-state index is 13.3. The fraction of sp³-hybridized carbons (Fsp3) is 0.680. The normalized spacial score (nSPS) is 23.5. The lowest BCUT2D eigenvalue weighted by atomic mass is 9.86. The third-order valence-electron chi connectivity index (χ3n) is 7.63. The molecule has 0 bridgehead atoms. The molecule has 1 aromatic heterocycles. The van der Waals surface area contributed by atoms with Crippen LogP contribution in [0.4, 0.5) is 13.2 Å². The minimum Gasteiger partial charge on any atom is -0.370 e. The first kappa shape index (κ1) is 22.7. The van der Waals surface area contributed by atoms with E-state index in [2.05, 4.69) is 9.55 Å². The number of hydrogen-bond acceptors (Lipinski definition) is 3. The number of hydrogen-bond donors (Lipinski definition) is 0. The smallest absolute Gasteiger partial charge is 0.370 e. The fourth-order valence-electron chi connectivity index (χ4n) is 5.83. The number of rotatable bonds is 4. The number of likely N-dealkylation sites (tertiary alicyclic amines) is 1. The molecule has 0 spiro atoms. The summed E-state index contributed by atoms with van der Waals surface area (Å²) in [7, 11) is 0. The highest BCUT2D eigenvalue weighted by Crippen LogP contribution is 2.38. The van der Waals surface area contributed by atoms with E-state index in [-0.39, 0.29) is 18.1 Å². The van der Waals surface area contributed by atoms with E-state index in [0.717, 1.165) is 62.0 Å². The Hall–Kier alpha value is -2.09. The molecule has 2 aliphatic heterocycles. The number of amides is 1. The van der Waals surface area contributed by atoms with Gasteiger partial charge in [0.2, 0.25) is 5.91 Å².